The maximum Gasteiger partial charge on any atom is 0.307 e. The summed E-state index contributed by atoms with van der Waals surface area (Å²) < 4.78 is 0. The van der Waals surface area contributed by atoms with Gasteiger partial charge in [0.2, 0.25) is 5.91 Å². The maximum absolute atomic E-state index is 12.3. The highest BCUT2D eigenvalue weighted by molar-refractivity contribution is 5.85. The van der Waals surface area contributed by atoms with Crippen LogP contribution in [-0.4, -0.2) is 48.1 Å². The van der Waals surface area contributed by atoms with E-state index in [0.717, 1.165) is 25.9 Å². The molecule has 2 unspecified atom stereocenters. The lowest BCUT2D eigenvalue weighted by Gasteiger charge is -2.35. The van der Waals surface area contributed by atoms with Crippen LogP contribution in [0.1, 0.15) is 32.6 Å². The van der Waals surface area contributed by atoms with Crippen LogP contribution in [0.25, 0.3) is 0 Å². The molecule has 19 heavy (non-hydrogen) atoms. The third kappa shape index (κ3) is 3.26. The second-order valence-corrected chi connectivity index (χ2v) is 6.13. The van der Waals surface area contributed by atoms with E-state index in [-0.39, 0.29) is 17.9 Å². The Morgan fingerprint density at radius 1 is 1.21 bits per heavy atom. The molecular formula is C14H24N2O3. The Balaban J connectivity index is 1.92. The summed E-state index contributed by atoms with van der Waals surface area (Å²) in [5, 5.41) is 12.2. The van der Waals surface area contributed by atoms with Crippen molar-refractivity contribution in [3.63, 3.8) is 0 Å². The number of aliphatic carboxylic acids is 1. The molecule has 0 bridgehead atoms. The van der Waals surface area contributed by atoms with E-state index in [4.69, 9.17) is 5.11 Å². The van der Waals surface area contributed by atoms with Crippen molar-refractivity contribution in [1.82, 2.24) is 10.2 Å². The zero-order chi connectivity index (χ0) is 14.0. The molecule has 1 saturated carbocycles. The fourth-order valence-electron chi connectivity index (χ4n) is 3.43. The topological polar surface area (TPSA) is 69.6 Å². The molecule has 4 atom stereocenters. The van der Waals surface area contributed by atoms with Crippen molar-refractivity contribution in [3.8, 4) is 0 Å². The highest BCUT2D eigenvalue weighted by Crippen LogP contribution is 2.32. The zero-order valence-electron chi connectivity index (χ0n) is 11.8. The van der Waals surface area contributed by atoms with E-state index in [9.17, 15) is 9.59 Å². The number of amides is 1. The average molecular weight is 268 g/mol. The molecule has 1 amide bonds. The van der Waals surface area contributed by atoms with Crippen molar-refractivity contribution >= 4 is 11.9 Å². The number of piperidine rings is 1. The number of hydrogen-bond donors (Lipinski definition) is 2. The minimum atomic E-state index is -0.825. The molecule has 0 aromatic carbocycles. The predicted molar refractivity (Wildman–Crippen MR) is 71.7 cm³/mol. The van der Waals surface area contributed by atoms with Gasteiger partial charge in [-0.3, -0.25) is 9.59 Å². The van der Waals surface area contributed by atoms with Crippen LogP contribution >= 0.6 is 0 Å². The van der Waals surface area contributed by atoms with Gasteiger partial charge in [-0.1, -0.05) is 13.3 Å². The van der Waals surface area contributed by atoms with Gasteiger partial charge in [-0.2, -0.15) is 0 Å². The number of carbonyl (C=O) groups excluding carboxylic acids is 1. The predicted octanol–water partition coefficient (Wildman–Crippen LogP) is 0.944. The highest BCUT2D eigenvalue weighted by Gasteiger charge is 2.39. The average Bonchev–Trinajstić information content (AvgIpc) is 2.82. The van der Waals surface area contributed by atoms with E-state index in [1.807, 2.05) is 0 Å². The third-order valence-electron chi connectivity index (χ3n) is 4.61. The molecule has 0 spiro atoms. The minimum absolute atomic E-state index is 0.0497. The van der Waals surface area contributed by atoms with Crippen LogP contribution in [0.2, 0.25) is 0 Å². The molecule has 5 nitrogen and oxygen atoms in total. The van der Waals surface area contributed by atoms with Crippen LogP contribution in [0.3, 0.4) is 0 Å². The van der Waals surface area contributed by atoms with Crippen LogP contribution in [0.5, 0.6) is 0 Å². The standard InChI is InChI=1S/C14H24N2O3/c1-9-8-16(2)7-6-12(9)15-13(17)10-4-3-5-11(10)14(18)19/h9-12H,3-8H2,1-2H3,(H,15,17)(H,18,19)/t9?,10-,11+,12?/m1/s1. The van der Waals surface area contributed by atoms with Crippen LogP contribution in [-0.2, 0) is 9.59 Å². The number of hydrogen-bond acceptors (Lipinski definition) is 3. The maximum atomic E-state index is 12.3. The number of carboxylic acid groups (broad SMARTS) is 1. The summed E-state index contributed by atoms with van der Waals surface area (Å²) in [4.78, 5) is 25.7. The molecule has 2 N–H and O–H groups in total. The Bertz CT molecular complexity index is 359. The molecule has 1 aliphatic carbocycles. The first-order valence-electron chi connectivity index (χ1n) is 7.20. The Hall–Kier alpha value is -1.10. The summed E-state index contributed by atoms with van der Waals surface area (Å²) in [6.07, 6.45) is 3.14. The third-order valence-corrected chi connectivity index (χ3v) is 4.61. The molecule has 2 rings (SSSR count). The quantitative estimate of drug-likeness (QED) is 0.799. The summed E-state index contributed by atoms with van der Waals surface area (Å²) >= 11 is 0. The van der Waals surface area contributed by atoms with Crippen molar-refractivity contribution in [1.29, 1.82) is 0 Å². The summed E-state index contributed by atoms with van der Waals surface area (Å²) in [6, 6.07) is 0.193. The number of rotatable bonds is 3. The van der Waals surface area contributed by atoms with E-state index in [0.29, 0.717) is 18.8 Å². The van der Waals surface area contributed by atoms with Crippen molar-refractivity contribution in [2.75, 3.05) is 20.1 Å². The normalized spacial score (nSPS) is 36.1. The number of carboxylic acids is 1. The lowest BCUT2D eigenvalue weighted by molar-refractivity contribution is -0.146. The van der Waals surface area contributed by atoms with Crippen LogP contribution in [0.15, 0.2) is 0 Å². The molecule has 108 valence electrons. The van der Waals surface area contributed by atoms with Gasteiger partial charge in [-0.05, 0) is 38.8 Å². The number of likely N-dealkylation sites (tertiary alicyclic amines) is 1. The first-order chi connectivity index (χ1) is 8.99. The van der Waals surface area contributed by atoms with Gasteiger partial charge in [0.25, 0.3) is 0 Å². The highest BCUT2D eigenvalue weighted by atomic mass is 16.4. The molecule has 0 aromatic rings. The van der Waals surface area contributed by atoms with Gasteiger partial charge in [0.15, 0.2) is 0 Å². The summed E-state index contributed by atoms with van der Waals surface area (Å²) in [5.74, 6) is -1.27. The van der Waals surface area contributed by atoms with Crippen molar-refractivity contribution in [2.24, 2.45) is 17.8 Å². The summed E-state index contributed by atoms with van der Waals surface area (Å²) in [5.41, 5.74) is 0. The fourth-order valence-corrected chi connectivity index (χ4v) is 3.43. The van der Waals surface area contributed by atoms with Gasteiger partial charge < -0.3 is 15.3 Å². The fraction of sp³-hybridized carbons (Fsp3) is 0.857. The van der Waals surface area contributed by atoms with Gasteiger partial charge in [-0.15, -0.1) is 0 Å². The van der Waals surface area contributed by atoms with Crippen molar-refractivity contribution < 1.29 is 14.7 Å². The Labute approximate surface area is 114 Å². The Morgan fingerprint density at radius 2 is 1.89 bits per heavy atom. The number of nitrogens with zero attached hydrogens (tertiary/aromatic N) is 1. The minimum Gasteiger partial charge on any atom is -0.481 e. The molecule has 0 aromatic heterocycles. The van der Waals surface area contributed by atoms with Gasteiger partial charge >= 0.3 is 5.97 Å². The Morgan fingerprint density at radius 3 is 2.53 bits per heavy atom. The van der Waals surface area contributed by atoms with Crippen LogP contribution in [0, 0.1) is 17.8 Å². The lowest BCUT2D eigenvalue weighted by atomic mass is 9.91. The molecule has 0 radical (unpaired) electrons. The second kappa shape index (κ2) is 5.90. The monoisotopic (exact) mass is 268 g/mol. The van der Waals surface area contributed by atoms with Crippen LogP contribution < -0.4 is 5.32 Å². The summed E-state index contributed by atoms with van der Waals surface area (Å²) in [6.45, 7) is 4.12. The molecule has 2 aliphatic rings. The summed E-state index contributed by atoms with van der Waals surface area (Å²) in [7, 11) is 2.09. The molecule has 1 aliphatic heterocycles. The Kier molecular flexibility index (Phi) is 4.45. The van der Waals surface area contributed by atoms with E-state index >= 15 is 0 Å². The SMILES string of the molecule is CC1CN(C)CCC1NC(=O)[C@@H]1CCC[C@@H]1C(=O)O. The molecule has 1 saturated heterocycles. The first kappa shape index (κ1) is 14.3. The van der Waals surface area contributed by atoms with Gasteiger partial charge in [-0.25, -0.2) is 0 Å². The van der Waals surface area contributed by atoms with Gasteiger partial charge in [0, 0.05) is 12.6 Å². The van der Waals surface area contributed by atoms with Crippen LogP contribution in [0.4, 0.5) is 0 Å². The van der Waals surface area contributed by atoms with Gasteiger partial charge in [0.05, 0.1) is 11.8 Å². The lowest BCUT2D eigenvalue weighted by Crippen LogP contribution is -2.50. The van der Waals surface area contributed by atoms with E-state index < -0.39 is 11.9 Å². The molecule has 2 fully saturated rings. The first-order valence-corrected chi connectivity index (χ1v) is 7.20. The zero-order valence-corrected chi connectivity index (χ0v) is 11.8. The van der Waals surface area contributed by atoms with Crippen molar-refractivity contribution in [2.45, 2.75) is 38.6 Å². The van der Waals surface area contributed by atoms with E-state index in [1.165, 1.54) is 0 Å². The number of carbonyl (C=O) groups is 2. The molecule has 5 heteroatoms. The largest absolute Gasteiger partial charge is 0.481 e. The molecule has 1 heterocycles. The number of nitrogens with one attached hydrogen (secondary N) is 1. The van der Waals surface area contributed by atoms with E-state index in [2.05, 4.69) is 24.2 Å². The van der Waals surface area contributed by atoms with Crippen molar-refractivity contribution in [3.05, 3.63) is 0 Å². The van der Waals surface area contributed by atoms with E-state index in [1.54, 1.807) is 0 Å². The molecular weight excluding hydrogens is 244 g/mol. The smallest absolute Gasteiger partial charge is 0.307 e. The van der Waals surface area contributed by atoms with Gasteiger partial charge in [0.1, 0.15) is 0 Å². The second-order valence-electron chi connectivity index (χ2n) is 6.13.